The molecule has 1 heterocycles. The second kappa shape index (κ2) is 7.05. The number of ether oxygens (including phenoxy) is 1. The van der Waals surface area contributed by atoms with Gasteiger partial charge in [-0.3, -0.25) is 4.98 Å². The summed E-state index contributed by atoms with van der Waals surface area (Å²) in [5.74, 6) is 0.860. The molecule has 0 aliphatic rings. The molecule has 1 aromatic heterocycles. The molecule has 112 valence electrons. The molecule has 21 heavy (non-hydrogen) atoms. The number of halogens is 1. The Morgan fingerprint density at radius 1 is 1.10 bits per heavy atom. The summed E-state index contributed by atoms with van der Waals surface area (Å²) in [6.07, 6.45) is 1.78. The summed E-state index contributed by atoms with van der Waals surface area (Å²) in [6, 6.07) is 12.1. The van der Waals surface area contributed by atoms with Gasteiger partial charge in [-0.1, -0.05) is 12.1 Å². The summed E-state index contributed by atoms with van der Waals surface area (Å²) >= 11 is 3.37. The number of nitrogens with zero attached hydrogens (tertiary/aromatic N) is 1. The molecule has 1 N–H and O–H groups in total. The third-order valence-corrected chi connectivity index (χ3v) is 3.39. The maximum Gasteiger partial charge on any atom is 0.130 e. The van der Waals surface area contributed by atoms with Gasteiger partial charge in [0.15, 0.2) is 0 Å². The summed E-state index contributed by atoms with van der Waals surface area (Å²) < 4.78 is 6.71. The molecule has 2 rings (SSSR count). The zero-order valence-corrected chi connectivity index (χ0v) is 14.3. The van der Waals surface area contributed by atoms with E-state index in [0.29, 0.717) is 6.61 Å². The zero-order valence-electron chi connectivity index (χ0n) is 12.7. The molecule has 0 amide bonds. The van der Waals surface area contributed by atoms with Crippen molar-refractivity contribution >= 4 is 15.9 Å². The third-order valence-electron chi connectivity index (χ3n) is 2.92. The van der Waals surface area contributed by atoms with Crippen LogP contribution in [0.25, 0.3) is 0 Å². The molecule has 0 radical (unpaired) electrons. The number of hydrogen-bond donors (Lipinski definition) is 1. The lowest BCUT2D eigenvalue weighted by Crippen LogP contribution is -2.34. The third kappa shape index (κ3) is 5.86. The van der Waals surface area contributed by atoms with Crippen molar-refractivity contribution in [3.8, 4) is 5.75 Å². The van der Waals surface area contributed by atoms with Crippen molar-refractivity contribution in [2.24, 2.45) is 0 Å². The Kier molecular flexibility index (Phi) is 5.37. The first kappa shape index (κ1) is 16.0. The molecule has 0 spiro atoms. The molecular weight excluding hydrogens is 328 g/mol. The molecule has 0 fully saturated rings. The van der Waals surface area contributed by atoms with Gasteiger partial charge in [-0.05, 0) is 66.5 Å². The summed E-state index contributed by atoms with van der Waals surface area (Å²) in [7, 11) is 0. The van der Waals surface area contributed by atoms with E-state index in [-0.39, 0.29) is 5.54 Å². The number of rotatable bonds is 5. The van der Waals surface area contributed by atoms with Crippen molar-refractivity contribution in [1.82, 2.24) is 10.3 Å². The van der Waals surface area contributed by atoms with Gasteiger partial charge in [-0.15, -0.1) is 0 Å². The lowest BCUT2D eigenvalue weighted by Gasteiger charge is -2.20. The van der Waals surface area contributed by atoms with Crippen LogP contribution in [0.2, 0.25) is 0 Å². The fraction of sp³-hybridized carbons (Fsp3) is 0.353. The van der Waals surface area contributed by atoms with E-state index >= 15 is 0 Å². The van der Waals surface area contributed by atoms with E-state index < -0.39 is 0 Å². The second-order valence-corrected chi connectivity index (χ2v) is 6.92. The van der Waals surface area contributed by atoms with Gasteiger partial charge in [0, 0.05) is 22.8 Å². The van der Waals surface area contributed by atoms with E-state index in [9.17, 15) is 0 Å². The zero-order chi connectivity index (χ0) is 15.3. The van der Waals surface area contributed by atoms with Crippen molar-refractivity contribution in [1.29, 1.82) is 0 Å². The van der Waals surface area contributed by atoms with Crippen LogP contribution in [0.15, 0.2) is 47.1 Å². The Labute approximate surface area is 134 Å². The summed E-state index contributed by atoms with van der Waals surface area (Å²) in [4.78, 5) is 4.29. The Balaban J connectivity index is 1.86. The molecular formula is C17H21BrN2O. The highest BCUT2D eigenvalue weighted by atomic mass is 79.9. The molecule has 0 aliphatic carbocycles. The van der Waals surface area contributed by atoms with Crippen LogP contribution in [-0.2, 0) is 13.2 Å². The number of aromatic nitrogens is 1. The summed E-state index contributed by atoms with van der Waals surface area (Å²) in [6.45, 7) is 7.83. The smallest absolute Gasteiger partial charge is 0.130 e. The standard InChI is InChI=1S/C17H21BrN2O/c1-17(2,3)20-10-13-4-8-16(9-5-13)21-12-15-7-6-14(18)11-19-15/h4-9,11,20H,10,12H2,1-3H3. The molecule has 0 bridgehead atoms. The van der Waals surface area contributed by atoms with Crippen LogP contribution in [0.3, 0.4) is 0 Å². The molecule has 2 aromatic rings. The molecule has 1 aromatic carbocycles. The SMILES string of the molecule is CC(C)(C)NCc1ccc(OCc2ccc(Br)cn2)cc1. The van der Waals surface area contributed by atoms with Crippen molar-refractivity contribution in [3.05, 3.63) is 58.3 Å². The van der Waals surface area contributed by atoms with E-state index in [0.717, 1.165) is 22.5 Å². The largest absolute Gasteiger partial charge is 0.487 e. The molecule has 0 aliphatic heterocycles. The van der Waals surface area contributed by atoms with Crippen LogP contribution in [0.4, 0.5) is 0 Å². The minimum atomic E-state index is 0.127. The monoisotopic (exact) mass is 348 g/mol. The van der Waals surface area contributed by atoms with Crippen LogP contribution in [0, 0.1) is 0 Å². The average Bonchev–Trinajstić information content (AvgIpc) is 2.45. The number of hydrogen-bond acceptors (Lipinski definition) is 3. The first-order valence-corrected chi connectivity index (χ1v) is 7.79. The Morgan fingerprint density at radius 2 is 1.81 bits per heavy atom. The highest BCUT2D eigenvalue weighted by molar-refractivity contribution is 9.10. The van der Waals surface area contributed by atoms with Crippen LogP contribution < -0.4 is 10.1 Å². The number of pyridine rings is 1. The lowest BCUT2D eigenvalue weighted by molar-refractivity contribution is 0.301. The average molecular weight is 349 g/mol. The van der Waals surface area contributed by atoms with E-state index in [4.69, 9.17) is 4.74 Å². The van der Waals surface area contributed by atoms with Crippen LogP contribution in [0.1, 0.15) is 32.0 Å². The predicted molar refractivity (Wildman–Crippen MR) is 89.3 cm³/mol. The highest BCUT2D eigenvalue weighted by Gasteiger charge is 2.08. The number of benzene rings is 1. The van der Waals surface area contributed by atoms with E-state index in [2.05, 4.69) is 59.1 Å². The molecule has 4 heteroatoms. The van der Waals surface area contributed by atoms with Gasteiger partial charge in [0.2, 0.25) is 0 Å². The maximum atomic E-state index is 5.73. The maximum absolute atomic E-state index is 5.73. The van der Waals surface area contributed by atoms with E-state index in [1.54, 1.807) is 6.20 Å². The van der Waals surface area contributed by atoms with Crippen molar-refractivity contribution in [2.75, 3.05) is 0 Å². The Hall–Kier alpha value is -1.39. The fourth-order valence-electron chi connectivity index (χ4n) is 1.72. The second-order valence-electron chi connectivity index (χ2n) is 6.00. The Bertz CT molecular complexity index is 559. The van der Waals surface area contributed by atoms with Gasteiger partial charge < -0.3 is 10.1 Å². The Morgan fingerprint density at radius 3 is 2.38 bits per heavy atom. The van der Waals surface area contributed by atoms with Gasteiger partial charge in [-0.25, -0.2) is 0 Å². The first-order valence-electron chi connectivity index (χ1n) is 6.99. The van der Waals surface area contributed by atoms with Crippen molar-refractivity contribution in [2.45, 2.75) is 39.5 Å². The lowest BCUT2D eigenvalue weighted by atomic mass is 10.1. The topological polar surface area (TPSA) is 34.1 Å². The van der Waals surface area contributed by atoms with Gasteiger partial charge in [-0.2, -0.15) is 0 Å². The van der Waals surface area contributed by atoms with E-state index in [1.807, 2.05) is 24.3 Å². The molecule has 0 unspecified atom stereocenters. The molecule has 0 saturated carbocycles. The molecule has 3 nitrogen and oxygen atoms in total. The van der Waals surface area contributed by atoms with Crippen LogP contribution in [0.5, 0.6) is 5.75 Å². The van der Waals surface area contributed by atoms with E-state index in [1.165, 1.54) is 5.56 Å². The predicted octanol–water partition coefficient (Wildman–Crippen LogP) is 4.31. The van der Waals surface area contributed by atoms with Crippen molar-refractivity contribution in [3.63, 3.8) is 0 Å². The van der Waals surface area contributed by atoms with Gasteiger partial charge in [0.1, 0.15) is 12.4 Å². The van der Waals surface area contributed by atoms with Crippen LogP contribution in [-0.4, -0.2) is 10.5 Å². The highest BCUT2D eigenvalue weighted by Crippen LogP contribution is 2.15. The summed E-state index contributed by atoms with van der Waals surface area (Å²) in [5, 5.41) is 3.47. The fourth-order valence-corrected chi connectivity index (χ4v) is 1.95. The van der Waals surface area contributed by atoms with Gasteiger partial charge >= 0.3 is 0 Å². The minimum absolute atomic E-state index is 0.127. The quantitative estimate of drug-likeness (QED) is 0.873. The number of nitrogens with one attached hydrogen (secondary N) is 1. The van der Waals surface area contributed by atoms with Gasteiger partial charge in [0.25, 0.3) is 0 Å². The molecule has 0 atom stereocenters. The van der Waals surface area contributed by atoms with Crippen LogP contribution >= 0.6 is 15.9 Å². The van der Waals surface area contributed by atoms with Gasteiger partial charge in [0.05, 0.1) is 5.69 Å². The minimum Gasteiger partial charge on any atom is -0.487 e. The molecule has 0 saturated heterocycles. The van der Waals surface area contributed by atoms with Crippen molar-refractivity contribution < 1.29 is 4.74 Å². The normalized spacial score (nSPS) is 11.4. The first-order chi connectivity index (χ1) is 9.92. The summed E-state index contributed by atoms with van der Waals surface area (Å²) in [5.41, 5.74) is 2.29.